The topological polar surface area (TPSA) is 12.0 Å². The van der Waals surface area contributed by atoms with E-state index in [1.54, 1.807) is 0 Å². The van der Waals surface area contributed by atoms with Crippen molar-refractivity contribution in [2.45, 2.75) is 58.5 Å². The fourth-order valence-corrected chi connectivity index (χ4v) is 2.91. The molecule has 0 aliphatic rings. The van der Waals surface area contributed by atoms with Gasteiger partial charge in [-0.3, -0.25) is 0 Å². The lowest BCUT2D eigenvalue weighted by atomic mass is 10.0. The molecule has 1 nitrogen and oxygen atoms in total. The Balaban J connectivity index is 2.63. The average molecular weight is 298 g/mol. The molecule has 1 N–H and O–H groups in total. The molecule has 0 heterocycles. The second-order valence-corrected chi connectivity index (χ2v) is 5.54. The standard InChI is InChI=1S/C15H24BrN/c1-4-8-13(9-5-2)17-12(3)14-10-6-7-11-15(14)16/h6-7,10-13,17H,4-5,8-9H2,1-3H3/t12-/m0/s1. The molecule has 96 valence electrons. The molecule has 0 fully saturated rings. The third-order valence-corrected chi connectivity index (χ3v) is 3.85. The van der Waals surface area contributed by atoms with Gasteiger partial charge in [-0.25, -0.2) is 0 Å². The SMILES string of the molecule is CCCC(CCC)N[C@@H](C)c1ccccc1Br. The van der Waals surface area contributed by atoms with Crippen LogP contribution in [-0.2, 0) is 0 Å². The van der Waals surface area contributed by atoms with E-state index in [9.17, 15) is 0 Å². The van der Waals surface area contributed by atoms with Gasteiger partial charge in [0.2, 0.25) is 0 Å². The molecular weight excluding hydrogens is 274 g/mol. The monoisotopic (exact) mass is 297 g/mol. The van der Waals surface area contributed by atoms with Gasteiger partial charge in [0.15, 0.2) is 0 Å². The fraction of sp³-hybridized carbons (Fsp3) is 0.600. The van der Waals surface area contributed by atoms with E-state index >= 15 is 0 Å². The Kier molecular flexibility index (Phi) is 6.83. The first kappa shape index (κ1) is 14.7. The van der Waals surface area contributed by atoms with Gasteiger partial charge in [-0.05, 0) is 31.4 Å². The van der Waals surface area contributed by atoms with Crippen molar-refractivity contribution in [3.8, 4) is 0 Å². The smallest absolute Gasteiger partial charge is 0.0305 e. The molecular formula is C15H24BrN. The van der Waals surface area contributed by atoms with Crippen molar-refractivity contribution in [1.29, 1.82) is 0 Å². The minimum Gasteiger partial charge on any atom is -0.307 e. The van der Waals surface area contributed by atoms with Gasteiger partial charge in [0.05, 0.1) is 0 Å². The number of nitrogens with one attached hydrogen (secondary N) is 1. The van der Waals surface area contributed by atoms with Crippen LogP contribution in [0.5, 0.6) is 0 Å². The minimum absolute atomic E-state index is 0.411. The summed E-state index contributed by atoms with van der Waals surface area (Å²) in [7, 11) is 0. The number of halogens is 1. The summed E-state index contributed by atoms with van der Waals surface area (Å²) in [5.74, 6) is 0. The average Bonchev–Trinajstić information content (AvgIpc) is 2.30. The first-order valence-corrected chi connectivity index (χ1v) is 7.48. The van der Waals surface area contributed by atoms with Crippen molar-refractivity contribution in [2.24, 2.45) is 0 Å². The number of hydrogen-bond donors (Lipinski definition) is 1. The van der Waals surface area contributed by atoms with Gasteiger partial charge in [0, 0.05) is 16.6 Å². The maximum absolute atomic E-state index is 3.75. The van der Waals surface area contributed by atoms with Crippen LogP contribution in [0.4, 0.5) is 0 Å². The van der Waals surface area contributed by atoms with Gasteiger partial charge in [0.1, 0.15) is 0 Å². The van der Waals surface area contributed by atoms with E-state index in [4.69, 9.17) is 0 Å². The summed E-state index contributed by atoms with van der Waals surface area (Å²) in [6.07, 6.45) is 5.03. The molecule has 0 aliphatic carbocycles. The molecule has 0 unspecified atom stereocenters. The summed E-state index contributed by atoms with van der Waals surface area (Å²) < 4.78 is 1.20. The van der Waals surface area contributed by atoms with Crippen molar-refractivity contribution in [1.82, 2.24) is 5.32 Å². The molecule has 17 heavy (non-hydrogen) atoms. The Labute approximate surface area is 114 Å². The van der Waals surface area contributed by atoms with Gasteiger partial charge in [-0.15, -0.1) is 0 Å². The Morgan fingerprint density at radius 2 is 1.71 bits per heavy atom. The Morgan fingerprint density at radius 1 is 1.12 bits per heavy atom. The zero-order valence-corrected chi connectivity index (χ0v) is 12.8. The molecule has 0 saturated carbocycles. The molecule has 0 radical (unpaired) electrons. The van der Waals surface area contributed by atoms with E-state index in [0.29, 0.717) is 12.1 Å². The minimum atomic E-state index is 0.411. The molecule has 1 aromatic carbocycles. The Bertz CT molecular complexity index is 318. The predicted octanol–water partition coefficient (Wildman–Crippen LogP) is 5.07. The van der Waals surface area contributed by atoms with E-state index in [0.717, 1.165) is 0 Å². The lowest BCUT2D eigenvalue weighted by Gasteiger charge is -2.23. The summed E-state index contributed by atoms with van der Waals surface area (Å²) >= 11 is 3.62. The van der Waals surface area contributed by atoms with Gasteiger partial charge in [-0.2, -0.15) is 0 Å². The molecule has 0 aromatic heterocycles. The highest BCUT2D eigenvalue weighted by Crippen LogP contribution is 2.24. The van der Waals surface area contributed by atoms with Crippen LogP contribution in [0.2, 0.25) is 0 Å². The lowest BCUT2D eigenvalue weighted by Crippen LogP contribution is -2.31. The number of hydrogen-bond acceptors (Lipinski definition) is 1. The molecule has 0 spiro atoms. The molecule has 0 aliphatic heterocycles. The normalized spacial score (nSPS) is 13.0. The third kappa shape index (κ3) is 4.81. The summed E-state index contributed by atoms with van der Waals surface area (Å²) in [5, 5.41) is 3.75. The quantitative estimate of drug-likeness (QED) is 0.741. The van der Waals surface area contributed by atoms with E-state index < -0.39 is 0 Å². The van der Waals surface area contributed by atoms with Gasteiger partial charge < -0.3 is 5.32 Å². The summed E-state index contributed by atoms with van der Waals surface area (Å²) in [6, 6.07) is 9.53. The van der Waals surface area contributed by atoms with E-state index in [-0.39, 0.29) is 0 Å². The summed E-state index contributed by atoms with van der Waals surface area (Å²) in [6.45, 7) is 6.76. The Hall–Kier alpha value is -0.340. The summed E-state index contributed by atoms with van der Waals surface area (Å²) in [5.41, 5.74) is 1.35. The van der Waals surface area contributed by atoms with Crippen molar-refractivity contribution >= 4 is 15.9 Å². The molecule has 2 heteroatoms. The zero-order valence-electron chi connectivity index (χ0n) is 11.2. The summed E-state index contributed by atoms with van der Waals surface area (Å²) in [4.78, 5) is 0. The van der Waals surface area contributed by atoms with E-state index in [1.165, 1.54) is 35.7 Å². The predicted molar refractivity (Wildman–Crippen MR) is 79.3 cm³/mol. The van der Waals surface area contributed by atoms with Gasteiger partial charge in [-0.1, -0.05) is 60.8 Å². The van der Waals surface area contributed by atoms with E-state index in [1.807, 2.05) is 0 Å². The third-order valence-electron chi connectivity index (χ3n) is 3.13. The zero-order chi connectivity index (χ0) is 12.7. The molecule has 0 amide bonds. The van der Waals surface area contributed by atoms with Crippen LogP contribution >= 0.6 is 15.9 Å². The highest BCUT2D eigenvalue weighted by atomic mass is 79.9. The van der Waals surface area contributed by atoms with Crippen molar-refractivity contribution in [2.75, 3.05) is 0 Å². The highest BCUT2D eigenvalue weighted by Gasteiger charge is 2.13. The van der Waals surface area contributed by atoms with Crippen LogP contribution in [0.25, 0.3) is 0 Å². The van der Waals surface area contributed by atoms with Gasteiger partial charge >= 0.3 is 0 Å². The van der Waals surface area contributed by atoms with E-state index in [2.05, 4.69) is 66.3 Å². The maximum atomic E-state index is 3.75. The van der Waals surface area contributed by atoms with Gasteiger partial charge in [0.25, 0.3) is 0 Å². The number of benzene rings is 1. The van der Waals surface area contributed by atoms with Crippen molar-refractivity contribution < 1.29 is 0 Å². The van der Waals surface area contributed by atoms with Crippen LogP contribution in [0, 0.1) is 0 Å². The highest BCUT2D eigenvalue weighted by molar-refractivity contribution is 9.10. The molecule has 1 atom stereocenters. The largest absolute Gasteiger partial charge is 0.307 e. The second-order valence-electron chi connectivity index (χ2n) is 4.68. The first-order chi connectivity index (χ1) is 8.19. The second kappa shape index (κ2) is 7.88. The van der Waals surface area contributed by atoms with Crippen LogP contribution < -0.4 is 5.32 Å². The lowest BCUT2D eigenvalue weighted by molar-refractivity contribution is 0.402. The fourth-order valence-electron chi connectivity index (χ4n) is 2.28. The number of rotatable bonds is 7. The maximum Gasteiger partial charge on any atom is 0.0305 e. The Morgan fingerprint density at radius 3 is 2.24 bits per heavy atom. The van der Waals surface area contributed by atoms with Crippen molar-refractivity contribution in [3.05, 3.63) is 34.3 Å². The molecule has 0 saturated heterocycles. The van der Waals surface area contributed by atoms with Crippen LogP contribution in [0.1, 0.15) is 58.1 Å². The molecule has 1 rings (SSSR count). The van der Waals surface area contributed by atoms with Crippen LogP contribution in [-0.4, -0.2) is 6.04 Å². The molecule has 1 aromatic rings. The molecule has 0 bridgehead atoms. The van der Waals surface area contributed by atoms with Crippen LogP contribution in [0.3, 0.4) is 0 Å². The van der Waals surface area contributed by atoms with Crippen LogP contribution in [0.15, 0.2) is 28.7 Å². The first-order valence-electron chi connectivity index (χ1n) is 6.69. The van der Waals surface area contributed by atoms with Crippen molar-refractivity contribution in [3.63, 3.8) is 0 Å².